The summed E-state index contributed by atoms with van der Waals surface area (Å²) >= 11 is 0. The van der Waals surface area contributed by atoms with Crippen LogP contribution in [0.1, 0.15) is 25.8 Å². The molecule has 2 rings (SSSR count). The van der Waals surface area contributed by atoms with Crippen molar-refractivity contribution >= 4 is 17.5 Å². The number of benzene rings is 1. The van der Waals surface area contributed by atoms with Gasteiger partial charge in [-0.1, -0.05) is 6.92 Å². The minimum absolute atomic E-state index is 0.272. The SMILES string of the molecule is CCC(C)Nc1ccnc(Nc2ccc(C(F)(F)F)cc2)n1. The van der Waals surface area contributed by atoms with Gasteiger partial charge in [-0.15, -0.1) is 0 Å². The first-order valence-electron chi connectivity index (χ1n) is 6.92. The molecule has 0 aliphatic rings. The maximum Gasteiger partial charge on any atom is 0.416 e. The minimum atomic E-state index is -4.34. The van der Waals surface area contributed by atoms with Crippen LogP contribution in [0.4, 0.5) is 30.6 Å². The van der Waals surface area contributed by atoms with Crippen LogP contribution in [0.5, 0.6) is 0 Å². The fourth-order valence-corrected chi connectivity index (χ4v) is 1.73. The van der Waals surface area contributed by atoms with Crippen molar-refractivity contribution in [2.75, 3.05) is 10.6 Å². The van der Waals surface area contributed by atoms with Crippen molar-refractivity contribution in [3.05, 3.63) is 42.1 Å². The maximum atomic E-state index is 12.5. The normalized spacial score (nSPS) is 12.8. The van der Waals surface area contributed by atoms with Crippen LogP contribution in [0.25, 0.3) is 0 Å². The van der Waals surface area contributed by atoms with Gasteiger partial charge in [-0.3, -0.25) is 0 Å². The van der Waals surface area contributed by atoms with Gasteiger partial charge in [-0.05, 0) is 43.7 Å². The Hall–Kier alpha value is -2.31. The Labute approximate surface area is 126 Å². The lowest BCUT2D eigenvalue weighted by Gasteiger charge is -2.13. The molecule has 22 heavy (non-hydrogen) atoms. The van der Waals surface area contributed by atoms with E-state index in [-0.39, 0.29) is 6.04 Å². The van der Waals surface area contributed by atoms with Gasteiger partial charge in [0.2, 0.25) is 5.95 Å². The first-order valence-corrected chi connectivity index (χ1v) is 6.92. The molecule has 1 unspecified atom stereocenters. The van der Waals surface area contributed by atoms with Crippen LogP contribution in [0.15, 0.2) is 36.5 Å². The fraction of sp³-hybridized carbons (Fsp3) is 0.333. The van der Waals surface area contributed by atoms with E-state index < -0.39 is 11.7 Å². The number of halogens is 3. The molecule has 1 atom stereocenters. The van der Waals surface area contributed by atoms with Crippen molar-refractivity contribution in [1.29, 1.82) is 0 Å². The van der Waals surface area contributed by atoms with Crippen molar-refractivity contribution in [3.8, 4) is 0 Å². The summed E-state index contributed by atoms with van der Waals surface area (Å²) in [6.45, 7) is 4.09. The number of rotatable bonds is 5. The van der Waals surface area contributed by atoms with Crippen molar-refractivity contribution < 1.29 is 13.2 Å². The summed E-state index contributed by atoms with van der Waals surface area (Å²) in [4.78, 5) is 8.33. The second-order valence-corrected chi connectivity index (χ2v) is 4.92. The molecule has 0 amide bonds. The van der Waals surface area contributed by atoms with Crippen LogP contribution in [0.3, 0.4) is 0 Å². The zero-order chi connectivity index (χ0) is 16.2. The van der Waals surface area contributed by atoms with Gasteiger partial charge in [0.05, 0.1) is 5.56 Å². The van der Waals surface area contributed by atoms with Gasteiger partial charge in [0.15, 0.2) is 0 Å². The van der Waals surface area contributed by atoms with Gasteiger partial charge >= 0.3 is 6.18 Å². The number of alkyl halides is 3. The predicted octanol–water partition coefficient (Wildman–Crippen LogP) is 4.45. The van der Waals surface area contributed by atoms with Crippen molar-refractivity contribution in [2.24, 2.45) is 0 Å². The Morgan fingerprint density at radius 1 is 1.14 bits per heavy atom. The molecular formula is C15H17F3N4. The molecule has 0 spiro atoms. The Morgan fingerprint density at radius 3 is 2.41 bits per heavy atom. The van der Waals surface area contributed by atoms with Gasteiger partial charge in [-0.25, -0.2) is 4.98 Å². The lowest BCUT2D eigenvalue weighted by molar-refractivity contribution is -0.137. The molecule has 1 aromatic carbocycles. The number of aromatic nitrogens is 2. The van der Waals surface area contributed by atoms with Crippen LogP contribution in [0, 0.1) is 0 Å². The highest BCUT2D eigenvalue weighted by molar-refractivity contribution is 5.55. The highest BCUT2D eigenvalue weighted by Gasteiger charge is 2.29. The predicted molar refractivity (Wildman–Crippen MR) is 80.1 cm³/mol. The van der Waals surface area contributed by atoms with E-state index in [0.29, 0.717) is 17.5 Å². The highest BCUT2D eigenvalue weighted by Crippen LogP contribution is 2.30. The lowest BCUT2D eigenvalue weighted by Crippen LogP contribution is -2.15. The molecule has 118 valence electrons. The van der Waals surface area contributed by atoms with Crippen LogP contribution < -0.4 is 10.6 Å². The molecule has 0 aliphatic heterocycles. The van der Waals surface area contributed by atoms with E-state index in [9.17, 15) is 13.2 Å². The van der Waals surface area contributed by atoms with Crippen molar-refractivity contribution in [3.63, 3.8) is 0 Å². The number of anilines is 3. The summed E-state index contributed by atoms with van der Waals surface area (Å²) in [5.41, 5.74) is -0.195. The Kier molecular flexibility index (Phi) is 4.85. The van der Waals surface area contributed by atoms with E-state index >= 15 is 0 Å². The third-order valence-corrected chi connectivity index (χ3v) is 3.13. The zero-order valence-electron chi connectivity index (χ0n) is 12.3. The van der Waals surface area contributed by atoms with E-state index in [1.165, 1.54) is 12.1 Å². The third kappa shape index (κ3) is 4.34. The Balaban J connectivity index is 2.09. The standard InChI is InChI=1S/C15H17F3N4/c1-3-10(2)20-13-8-9-19-14(22-13)21-12-6-4-11(5-7-12)15(16,17)18/h4-10H,3H2,1-2H3,(H2,19,20,21,22). The topological polar surface area (TPSA) is 49.8 Å². The van der Waals surface area contributed by atoms with E-state index in [2.05, 4.69) is 27.5 Å². The van der Waals surface area contributed by atoms with E-state index in [4.69, 9.17) is 0 Å². The Bertz CT molecular complexity index is 611. The monoisotopic (exact) mass is 310 g/mol. The van der Waals surface area contributed by atoms with Gasteiger partial charge in [-0.2, -0.15) is 18.2 Å². The summed E-state index contributed by atoms with van der Waals surface area (Å²) in [7, 11) is 0. The molecule has 0 saturated heterocycles. The second kappa shape index (κ2) is 6.64. The molecule has 2 N–H and O–H groups in total. The van der Waals surface area contributed by atoms with Crippen molar-refractivity contribution in [2.45, 2.75) is 32.5 Å². The smallest absolute Gasteiger partial charge is 0.367 e. The molecule has 0 bridgehead atoms. The zero-order valence-corrected chi connectivity index (χ0v) is 12.3. The summed E-state index contributed by atoms with van der Waals surface area (Å²) < 4.78 is 37.5. The molecule has 0 saturated carbocycles. The average molecular weight is 310 g/mol. The summed E-state index contributed by atoms with van der Waals surface area (Å²) in [5.74, 6) is 0.992. The molecule has 1 aromatic heterocycles. The van der Waals surface area contributed by atoms with Crippen molar-refractivity contribution in [1.82, 2.24) is 9.97 Å². The fourth-order valence-electron chi connectivity index (χ4n) is 1.73. The minimum Gasteiger partial charge on any atom is -0.367 e. The molecule has 7 heteroatoms. The third-order valence-electron chi connectivity index (χ3n) is 3.13. The molecule has 0 aliphatic carbocycles. The van der Waals surface area contributed by atoms with Gasteiger partial charge in [0, 0.05) is 17.9 Å². The average Bonchev–Trinajstić information content (AvgIpc) is 2.47. The Morgan fingerprint density at radius 2 is 1.82 bits per heavy atom. The summed E-state index contributed by atoms with van der Waals surface area (Å²) in [6, 6.07) is 6.74. The number of hydrogen-bond donors (Lipinski definition) is 2. The number of nitrogens with one attached hydrogen (secondary N) is 2. The summed E-state index contributed by atoms with van der Waals surface area (Å²) in [5, 5.41) is 6.09. The second-order valence-electron chi connectivity index (χ2n) is 4.92. The number of nitrogens with zero attached hydrogens (tertiary/aromatic N) is 2. The quantitative estimate of drug-likeness (QED) is 0.856. The maximum absolute atomic E-state index is 12.5. The molecule has 2 aromatic rings. The molecule has 1 heterocycles. The molecule has 4 nitrogen and oxygen atoms in total. The lowest BCUT2D eigenvalue weighted by atomic mass is 10.2. The largest absolute Gasteiger partial charge is 0.416 e. The number of hydrogen-bond acceptors (Lipinski definition) is 4. The van der Waals surface area contributed by atoms with Gasteiger partial charge < -0.3 is 10.6 Å². The van der Waals surface area contributed by atoms with E-state index in [1.54, 1.807) is 12.3 Å². The first-order chi connectivity index (χ1) is 10.4. The molecule has 0 radical (unpaired) electrons. The van der Waals surface area contributed by atoms with Crippen LogP contribution in [0.2, 0.25) is 0 Å². The van der Waals surface area contributed by atoms with E-state index in [1.807, 2.05) is 6.92 Å². The molecular weight excluding hydrogens is 293 g/mol. The van der Waals surface area contributed by atoms with Crippen LogP contribution in [-0.4, -0.2) is 16.0 Å². The molecule has 0 fully saturated rings. The highest BCUT2D eigenvalue weighted by atomic mass is 19.4. The van der Waals surface area contributed by atoms with Crippen LogP contribution in [-0.2, 0) is 6.18 Å². The van der Waals surface area contributed by atoms with E-state index in [0.717, 1.165) is 18.6 Å². The first kappa shape index (κ1) is 16.1. The van der Waals surface area contributed by atoms with Crippen LogP contribution >= 0.6 is 0 Å². The van der Waals surface area contributed by atoms with Gasteiger partial charge in [0.25, 0.3) is 0 Å². The van der Waals surface area contributed by atoms with Gasteiger partial charge in [0.1, 0.15) is 5.82 Å². The summed E-state index contributed by atoms with van der Waals surface area (Å²) in [6.07, 6.45) is -1.80.